The third-order valence-electron chi connectivity index (χ3n) is 4.09. The van der Waals surface area contributed by atoms with E-state index < -0.39 is 0 Å². The number of piperazine rings is 1. The van der Waals surface area contributed by atoms with Gasteiger partial charge in [0, 0.05) is 62.4 Å². The van der Waals surface area contributed by atoms with Gasteiger partial charge >= 0.3 is 0 Å². The summed E-state index contributed by atoms with van der Waals surface area (Å²) in [6.45, 7) is 5.16. The van der Waals surface area contributed by atoms with E-state index in [1.165, 1.54) is 0 Å². The fourth-order valence-corrected chi connectivity index (χ4v) is 2.96. The van der Waals surface area contributed by atoms with Gasteiger partial charge in [0.1, 0.15) is 5.69 Å². The molecule has 3 aromatic heterocycles. The molecule has 0 aromatic carbocycles. The zero-order chi connectivity index (χ0) is 15.1. The highest BCUT2D eigenvalue weighted by Crippen LogP contribution is 2.24. The van der Waals surface area contributed by atoms with E-state index >= 15 is 0 Å². The Kier molecular flexibility index (Phi) is 3.07. The van der Waals surface area contributed by atoms with E-state index in [9.17, 15) is 0 Å². The van der Waals surface area contributed by atoms with Crippen LogP contribution in [0.25, 0.3) is 16.8 Å². The Hall–Kier alpha value is -2.41. The normalized spacial score (nSPS) is 19.0. The molecule has 1 aliphatic heterocycles. The van der Waals surface area contributed by atoms with Crippen LogP contribution in [-0.2, 0) is 7.05 Å². The van der Waals surface area contributed by atoms with Gasteiger partial charge in [0.15, 0.2) is 5.65 Å². The second-order valence-electron chi connectivity index (χ2n) is 5.84. The SMILES string of the molecule is C[C@@H]1CN(c2cnn3cc(-c4cnn(C)c4)cnc23)CCN1. The fourth-order valence-electron chi connectivity index (χ4n) is 2.96. The standard InChI is InChI=1S/C15H19N7/c1-11-8-21(4-3-16-11)14-7-19-22-10-12(5-17-15(14)22)13-6-18-20(2)9-13/h5-7,9-11,16H,3-4,8H2,1-2H3/t11-/m1/s1. The summed E-state index contributed by atoms with van der Waals surface area (Å²) in [7, 11) is 1.91. The van der Waals surface area contributed by atoms with Crippen molar-refractivity contribution in [3.8, 4) is 11.1 Å². The van der Waals surface area contributed by atoms with Crippen molar-refractivity contribution in [3.63, 3.8) is 0 Å². The third kappa shape index (κ3) is 2.23. The van der Waals surface area contributed by atoms with Crippen molar-refractivity contribution in [3.05, 3.63) is 31.0 Å². The first-order valence-corrected chi connectivity index (χ1v) is 7.51. The quantitative estimate of drug-likeness (QED) is 0.762. The topological polar surface area (TPSA) is 63.3 Å². The molecule has 7 heteroatoms. The maximum atomic E-state index is 4.63. The maximum absolute atomic E-state index is 4.63. The lowest BCUT2D eigenvalue weighted by Crippen LogP contribution is -2.49. The average molecular weight is 297 g/mol. The zero-order valence-corrected chi connectivity index (χ0v) is 12.8. The van der Waals surface area contributed by atoms with Gasteiger partial charge in [-0.05, 0) is 6.92 Å². The predicted octanol–water partition coefficient (Wildman–Crippen LogP) is 0.928. The van der Waals surface area contributed by atoms with Crippen molar-refractivity contribution in [1.29, 1.82) is 0 Å². The lowest BCUT2D eigenvalue weighted by atomic mass is 10.2. The lowest BCUT2D eigenvalue weighted by molar-refractivity contribution is 0.485. The van der Waals surface area contributed by atoms with Gasteiger partial charge in [-0.3, -0.25) is 4.68 Å². The number of aromatic nitrogens is 5. The van der Waals surface area contributed by atoms with Crippen LogP contribution >= 0.6 is 0 Å². The molecule has 0 amide bonds. The first-order valence-electron chi connectivity index (χ1n) is 7.51. The second kappa shape index (κ2) is 5.10. The van der Waals surface area contributed by atoms with Crippen LogP contribution in [0.2, 0.25) is 0 Å². The molecule has 4 rings (SSSR count). The molecule has 1 N–H and O–H groups in total. The van der Waals surface area contributed by atoms with E-state index in [2.05, 4.69) is 32.3 Å². The molecule has 1 fully saturated rings. The van der Waals surface area contributed by atoms with Gasteiger partial charge in [-0.2, -0.15) is 10.2 Å². The van der Waals surface area contributed by atoms with Gasteiger partial charge in [-0.1, -0.05) is 0 Å². The Balaban J connectivity index is 1.71. The summed E-state index contributed by atoms with van der Waals surface area (Å²) >= 11 is 0. The number of hydrogen-bond donors (Lipinski definition) is 1. The minimum atomic E-state index is 0.485. The van der Waals surface area contributed by atoms with Crippen LogP contribution < -0.4 is 10.2 Å². The summed E-state index contributed by atoms with van der Waals surface area (Å²) in [5.41, 5.74) is 4.07. The molecular formula is C15H19N7. The van der Waals surface area contributed by atoms with E-state index in [4.69, 9.17) is 0 Å². The smallest absolute Gasteiger partial charge is 0.178 e. The number of fused-ring (bicyclic) bond motifs is 1. The van der Waals surface area contributed by atoms with Gasteiger partial charge in [0.05, 0.1) is 12.4 Å². The van der Waals surface area contributed by atoms with Gasteiger partial charge in [-0.15, -0.1) is 0 Å². The number of rotatable bonds is 2. The predicted molar refractivity (Wildman–Crippen MR) is 84.9 cm³/mol. The Morgan fingerprint density at radius 3 is 2.77 bits per heavy atom. The highest BCUT2D eigenvalue weighted by atomic mass is 15.3. The van der Waals surface area contributed by atoms with E-state index in [0.29, 0.717) is 6.04 Å². The molecule has 1 saturated heterocycles. The summed E-state index contributed by atoms with van der Waals surface area (Å²) in [5, 5.41) is 12.1. The van der Waals surface area contributed by atoms with Crippen LogP contribution in [0.5, 0.6) is 0 Å². The van der Waals surface area contributed by atoms with Gasteiger partial charge in [0.25, 0.3) is 0 Å². The molecule has 0 saturated carbocycles. The largest absolute Gasteiger partial charge is 0.364 e. The van der Waals surface area contributed by atoms with Crippen LogP contribution in [0.15, 0.2) is 31.0 Å². The Bertz CT molecular complexity index is 803. The molecule has 3 aromatic rings. The van der Waals surface area contributed by atoms with Gasteiger partial charge in [0.2, 0.25) is 0 Å². The van der Waals surface area contributed by atoms with E-state index in [1.807, 2.05) is 42.5 Å². The molecule has 0 unspecified atom stereocenters. The van der Waals surface area contributed by atoms with Crippen molar-refractivity contribution in [1.82, 2.24) is 29.7 Å². The highest BCUT2D eigenvalue weighted by molar-refractivity contribution is 5.70. The van der Waals surface area contributed by atoms with Crippen molar-refractivity contribution >= 4 is 11.3 Å². The number of nitrogens with one attached hydrogen (secondary N) is 1. The van der Waals surface area contributed by atoms with E-state index in [0.717, 1.165) is 42.1 Å². The minimum absolute atomic E-state index is 0.485. The van der Waals surface area contributed by atoms with Crippen molar-refractivity contribution in [2.45, 2.75) is 13.0 Å². The Morgan fingerprint density at radius 1 is 1.14 bits per heavy atom. The van der Waals surface area contributed by atoms with Crippen LogP contribution in [0.3, 0.4) is 0 Å². The second-order valence-corrected chi connectivity index (χ2v) is 5.84. The third-order valence-corrected chi connectivity index (χ3v) is 4.09. The first-order chi connectivity index (χ1) is 10.7. The maximum Gasteiger partial charge on any atom is 0.178 e. The average Bonchev–Trinajstić information content (AvgIpc) is 3.12. The van der Waals surface area contributed by atoms with Crippen LogP contribution in [0.1, 0.15) is 6.92 Å². The van der Waals surface area contributed by atoms with Gasteiger partial charge < -0.3 is 10.2 Å². The molecular weight excluding hydrogens is 278 g/mol. The van der Waals surface area contributed by atoms with Crippen LogP contribution in [0.4, 0.5) is 5.69 Å². The first kappa shape index (κ1) is 13.3. The monoisotopic (exact) mass is 297 g/mol. The fraction of sp³-hybridized carbons (Fsp3) is 0.400. The summed E-state index contributed by atoms with van der Waals surface area (Å²) in [5.74, 6) is 0. The number of nitrogens with zero attached hydrogens (tertiary/aromatic N) is 6. The minimum Gasteiger partial charge on any atom is -0.364 e. The van der Waals surface area contributed by atoms with Crippen molar-refractivity contribution in [2.24, 2.45) is 7.05 Å². The molecule has 0 bridgehead atoms. The van der Waals surface area contributed by atoms with Crippen molar-refractivity contribution < 1.29 is 0 Å². The molecule has 4 heterocycles. The molecule has 1 atom stereocenters. The van der Waals surface area contributed by atoms with Gasteiger partial charge in [-0.25, -0.2) is 9.50 Å². The number of hydrogen-bond acceptors (Lipinski definition) is 5. The molecule has 1 aliphatic rings. The van der Waals surface area contributed by atoms with E-state index in [1.54, 1.807) is 4.68 Å². The number of anilines is 1. The summed E-state index contributed by atoms with van der Waals surface area (Å²) in [6, 6.07) is 0.485. The summed E-state index contributed by atoms with van der Waals surface area (Å²) in [4.78, 5) is 6.98. The van der Waals surface area contributed by atoms with Crippen molar-refractivity contribution in [2.75, 3.05) is 24.5 Å². The molecule has 0 spiro atoms. The molecule has 0 radical (unpaired) electrons. The zero-order valence-electron chi connectivity index (χ0n) is 12.8. The van der Waals surface area contributed by atoms with E-state index in [-0.39, 0.29) is 0 Å². The lowest BCUT2D eigenvalue weighted by Gasteiger charge is -2.32. The Labute approximate surface area is 128 Å². The molecule has 0 aliphatic carbocycles. The van der Waals surface area contributed by atoms with Crippen LogP contribution in [-0.4, -0.2) is 50.1 Å². The Morgan fingerprint density at radius 2 is 2.00 bits per heavy atom. The summed E-state index contributed by atoms with van der Waals surface area (Å²) in [6.07, 6.45) is 9.63. The highest BCUT2D eigenvalue weighted by Gasteiger charge is 2.20. The molecule has 7 nitrogen and oxygen atoms in total. The van der Waals surface area contributed by atoms with Crippen LogP contribution in [0, 0.1) is 0 Å². The summed E-state index contributed by atoms with van der Waals surface area (Å²) < 4.78 is 3.64. The molecule has 22 heavy (non-hydrogen) atoms. The molecule has 114 valence electrons. The number of aryl methyl sites for hydroxylation is 1.